The Kier molecular flexibility index (Phi) is 10.8. The summed E-state index contributed by atoms with van der Waals surface area (Å²) in [6, 6.07) is 23.3. The third kappa shape index (κ3) is 7.91. The van der Waals surface area contributed by atoms with Gasteiger partial charge in [-0.1, -0.05) is 43.7 Å². The molecule has 8 nitrogen and oxygen atoms in total. The van der Waals surface area contributed by atoms with E-state index in [1.54, 1.807) is 45.5 Å². The zero-order valence-electron chi connectivity index (χ0n) is 26.6. The quantitative estimate of drug-likeness (QED) is 0.0870. The first-order valence-corrected chi connectivity index (χ1v) is 16.1. The largest absolute Gasteiger partial charge is 0.497 e. The second-order valence-corrected chi connectivity index (χ2v) is 12.2. The molecule has 5 aromatic rings. The van der Waals surface area contributed by atoms with E-state index in [9.17, 15) is 9.18 Å². The van der Waals surface area contributed by atoms with Gasteiger partial charge in [-0.3, -0.25) is 4.98 Å². The van der Waals surface area contributed by atoms with Crippen LogP contribution in [-0.2, 0) is 5.54 Å². The van der Waals surface area contributed by atoms with Gasteiger partial charge in [0.1, 0.15) is 28.7 Å². The van der Waals surface area contributed by atoms with Crippen molar-refractivity contribution in [3.63, 3.8) is 0 Å². The molecular formula is C36H37F2N5O3S. The smallest absolute Gasteiger partial charge is 0.316 e. The van der Waals surface area contributed by atoms with Gasteiger partial charge in [0.2, 0.25) is 0 Å². The second kappa shape index (κ2) is 15.1. The molecule has 0 fully saturated rings. The zero-order chi connectivity index (χ0) is 33.4. The van der Waals surface area contributed by atoms with Crippen molar-refractivity contribution in [2.24, 2.45) is 0 Å². The van der Waals surface area contributed by atoms with Gasteiger partial charge < -0.3 is 25.1 Å². The van der Waals surface area contributed by atoms with Crippen LogP contribution in [0.5, 0.6) is 11.5 Å². The number of nitrogens with one attached hydrogen (secondary N) is 3. The van der Waals surface area contributed by atoms with E-state index in [-0.39, 0.29) is 10.9 Å². The van der Waals surface area contributed by atoms with E-state index in [1.807, 2.05) is 48.5 Å². The number of unbranched alkanes of at least 4 members (excludes halogenated alkanes) is 1. The van der Waals surface area contributed by atoms with E-state index in [0.29, 0.717) is 17.3 Å². The van der Waals surface area contributed by atoms with Gasteiger partial charge in [-0.05, 0) is 80.1 Å². The number of nitrogens with zero attached hydrogens (tertiary/aromatic N) is 2. The molecule has 0 saturated heterocycles. The van der Waals surface area contributed by atoms with Crippen LogP contribution >= 0.6 is 11.8 Å². The maximum Gasteiger partial charge on any atom is 0.316 e. The highest BCUT2D eigenvalue weighted by molar-refractivity contribution is 7.99. The van der Waals surface area contributed by atoms with Crippen LogP contribution < -0.4 is 20.1 Å². The lowest BCUT2D eigenvalue weighted by atomic mass is 9.87. The van der Waals surface area contributed by atoms with Crippen molar-refractivity contribution in [2.75, 3.05) is 14.2 Å². The molecule has 2 heterocycles. The number of H-pyrrole nitrogens is 1. The summed E-state index contributed by atoms with van der Waals surface area (Å²) in [6.45, 7) is 3.72. The summed E-state index contributed by atoms with van der Waals surface area (Å²) in [5.74, 6) is -0.0282. The van der Waals surface area contributed by atoms with E-state index in [1.165, 1.54) is 17.8 Å². The predicted octanol–water partition coefficient (Wildman–Crippen LogP) is 8.31. The summed E-state index contributed by atoms with van der Waals surface area (Å²) >= 11 is 1.39. The Morgan fingerprint density at radius 3 is 2.23 bits per heavy atom. The lowest BCUT2D eigenvalue weighted by Crippen LogP contribution is -2.51. The average molecular weight is 658 g/mol. The first-order valence-electron chi connectivity index (χ1n) is 15.2. The molecule has 0 aliphatic rings. The summed E-state index contributed by atoms with van der Waals surface area (Å²) in [7, 11) is 3.24. The molecule has 3 N–H and O–H groups in total. The number of ether oxygens (including phenoxy) is 2. The molecule has 2 atom stereocenters. The highest BCUT2D eigenvalue weighted by Gasteiger charge is 2.35. The number of hydrogen-bond acceptors (Lipinski definition) is 6. The number of carbonyl (C=O) groups excluding carboxylic acids is 1. The summed E-state index contributed by atoms with van der Waals surface area (Å²) < 4.78 is 39.7. The van der Waals surface area contributed by atoms with Crippen LogP contribution in [0.1, 0.15) is 44.4 Å². The summed E-state index contributed by atoms with van der Waals surface area (Å²) in [5.41, 5.74) is 2.46. The average Bonchev–Trinajstić information content (AvgIpc) is 3.51. The minimum absolute atomic E-state index is 0.0878. The molecular weight excluding hydrogens is 620 g/mol. The molecule has 0 bridgehead atoms. The van der Waals surface area contributed by atoms with Crippen LogP contribution in [-0.4, -0.2) is 40.6 Å². The molecule has 0 aliphatic heterocycles. The van der Waals surface area contributed by atoms with Crippen LogP contribution in [0.15, 0.2) is 96.3 Å². The lowest BCUT2D eigenvalue weighted by molar-refractivity contribution is 0.230. The van der Waals surface area contributed by atoms with Crippen molar-refractivity contribution in [3.8, 4) is 34.0 Å². The molecule has 0 spiro atoms. The van der Waals surface area contributed by atoms with Gasteiger partial charge in [0, 0.05) is 29.0 Å². The SMILES string of the molecule is CCCCC(NC(=O)NC(C)(c1ccccn1)c1ccc(F)cc1F)Sc1nc(-c2ccc(OC)cc2)c(-c2ccc(OC)cc2)[nH]1. The van der Waals surface area contributed by atoms with Gasteiger partial charge in [-0.25, -0.2) is 18.6 Å². The van der Waals surface area contributed by atoms with Crippen LogP contribution in [0.2, 0.25) is 0 Å². The first kappa shape index (κ1) is 33.5. The Hall–Kier alpha value is -4.90. The van der Waals surface area contributed by atoms with Gasteiger partial charge in [0.05, 0.1) is 36.7 Å². The van der Waals surface area contributed by atoms with Gasteiger partial charge in [-0.2, -0.15) is 0 Å². The zero-order valence-corrected chi connectivity index (χ0v) is 27.5. The molecule has 0 radical (unpaired) electrons. The number of thioether (sulfide) groups is 1. The normalized spacial score (nSPS) is 13.0. The molecule has 11 heteroatoms. The van der Waals surface area contributed by atoms with E-state index < -0.39 is 23.2 Å². The highest BCUT2D eigenvalue weighted by atomic mass is 32.2. The minimum Gasteiger partial charge on any atom is -0.497 e. The number of halogens is 2. The van der Waals surface area contributed by atoms with Crippen LogP contribution in [0, 0.1) is 11.6 Å². The van der Waals surface area contributed by atoms with Crippen molar-refractivity contribution >= 4 is 17.8 Å². The summed E-state index contributed by atoms with van der Waals surface area (Å²) in [4.78, 5) is 26.5. The number of methoxy groups -OCH3 is 2. The van der Waals surface area contributed by atoms with Crippen LogP contribution in [0.3, 0.4) is 0 Å². The number of amides is 2. The lowest BCUT2D eigenvalue weighted by Gasteiger charge is -2.32. The van der Waals surface area contributed by atoms with Gasteiger partial charge in [0.25, 0.3) is 0 Å². The monoisotopic (exact) mass is 657 g/mol. The highest BCUT2D eigenvalue weighted by Crippen LogP contribution is 2.36. The minimum atomic E-state index is -1.39. The van der Waals surface area contributed by atoms with E-state index in [4.69, 9.17) is 14.5 Å². The Morgan fingerprint density at radius 2 is 1.64 bits per heavy atom. The van der Waals surface area contributed by atoms with Crippen molar-refractivity contribution in [1.82, 2.24) is 25.6 Å². The molecule has 2 unspecified atom stereocenters. The number of pyridine rings is 1. The van der Waals surface area contributed by atoms with Gasteiger partial charge in [0.15, 0.2) is 5.16 Å². The van der Waals surface area contributed by atoms with E-state index >= 15 is 4.39 Å². The fourth-order valence-electron chi connectivity index (χ4n) is 5.25. The second-order valence-electron chi connectivity index (χ2n) is 11.0. The Balaban J connectivity index is 1.44. The first-order chi connectivity index (χ1) is 22.7. The van der Waals surface area contributed by atoms with E-state index in [2.05, 4.69) is 27.5 Å². The molecule has 244 valence electrons. The number of imidazole rings is 1. The standard InChI is InChI=1S/C36H37F2N5O3S/c1-5-6-10-31(40-34(44)43-36(2,30-9-7-8-21-39-30)28-20-15-25(37)22-29(28)38)47-35-41-32(23-11-16-26(45-3)17-12-23)33(42-35)24-13-18-27(46-4)19-14-24/h7-9,11-22,31H,5-6,10H2,1-4H3,(H,41,42)(H2,40,43,44). The number of carbonyl (C=O) groups is 1. The molecule has 3 aromatic carbocycles. The Bertz CT molecular complexity index is 1720. The van der Waals surface area contributed by atoms with Crippen molar-refractivity contribution in [2.45, 2.75) is 49.2 Å². The van der Waals surface area contributed by atoms with E-state index in [0.717, 1.165) is 59.0 Å². The topological polar surface area (TPSA) is 101 Å². The fraction of sp³-hybridized carbons (Fsp3) is 0.250. The molecule has 47 heavy (non-hydrogen) atoms. The number of benzene rings is 3. The maximum absolute atomic E-state index is 15.1. The predicted molar refractivity (Wildman–Crippen MR) is 180 cm³/mol. The molecule has 2 aromatic heterocycles. The fourth-order valence-corrected chi connectivity index (χ4v) is 6.27. The van der Waals surface area contributed by atoms with Gasteiger partial charge in [-0.15, -0.1) is 0 Å². The molecule has 0 saturated carbocycles. The number of aromatic amines is 1. The number of rotatable bonds is 13. The van der Waals surface area contributed by atoms with Crippen LogP contribution in [0.4, 0.5) is 13.6 Å². The molecule has 5 rings (SSSR count). The summed E-state index contributed by atoms with van der Waals surface area (Å²) in [6.07, 6.45) is 3.97. The molecule has 2 amide bonds. The van der Waals surface area contributed by atoms with Crippen molar-refractivity contribution in [3.05, 3.63) is 114 Å². The summed E-state index contributed by atoms with van der Waals surface area (Å²) in [5, 5.41) is 6.21. The number of hydrogen-bond donors (Lipinski definition) is 3. The molecule has 0 aliphatic carbocycles. The van der Waals surface area contributed by atoms with Crippen molar-refractivity contribution in [1.29, 1.82) is 0 Å². The third-order valence-electron chi connectivity index (χ3n) is 7.80. The number of urea groups is 1. The Morgan fingerprint density at radius 1 is 0.957 bits per heavy atom. The van der Waals surface area contributed by atoms with Gasteiger partial charge >= 0.3 is 6.03 Å². The van der Waals surface area contributed by atoms with Crippen LogP contribution in [0.25, 0.3) is 22.5 Å². The third-order valence-corrected chi connectivity index (χ3v) is 8.86. The maximum atomic E-state index is 15.1. The Labute approximate surface area is 277 Å². The van der Waals surface area contributed by atoms with Crippen molar-refractivity contribution < 1.29 is 23.0 Å². The number of aromatic nitrogens is 3.